The van der Waals surface area contributed by atoms with Crippen molar-refractivity contribution in [3.63, 3.8) is 0 Å². The van der Waals surface area contributed by atoms with Gasteiger partial charge in [0.2, 0.25) is 0 Å². The van der Waals surface area contributed by atoms with Gasteiger partial charge in [-0.15, -0.1) is 0 Å². The number of hydrogen-bond acceptors (Lipinski definition) is 5. The number of ether oxygens (including phenoxy) is 1. The number of fused-ring (bicyclic) bond motifs is 1. The van der Waals surface area contributed by atoms with Crippen LogP contribution in [0, 0.1) is 6.92 Å². The van der Waals surface area contributed by atoms with Crippen LogP contribution >= 0.6 is 0 Å². The molecule has 3 aromatic rings. The van der Waals surface area contributed by atoms with Crippen LogP contribution in [0.25, 0.3) is 10.9 Å². The van der Waals surface area contributed by atoms with E-state index in [1.807, 2.05) is 0 Å². The first-order chi connectivity index (χ1) is 14.8. The first-order valence-corrected chi connectivity index (χ1v) is 11.0. The Kier molecular flexibility index (Phi) is 6.00. The lowest BCUT2D eigenvalue weighted by Gasteiger charge is -2.27. The van der Waals surface area contributed by atoms with Gasteiger partial charge in [0.15, 0.2) is 0 Å². The van der Waals surface area contributed by atoms with Gasteiger partial charge < -0.3 is 14.4 Å². The molecule has 11 heteroatoms. The zero-order valence-electron chi connectivity index (χ0n) is 17.4. The maximum atomic E-state index is 13.9. The number of aromatic nitrogens is 1. The molecule has 2 aromatic carbocycles. The van der Waals surface area contributed by atoms with Crippen molar-refractivity contribution in [2.75, 3.05) is 11.3 Å². The van der Waals surface area contributed by atoms with Crippen LogP contribution in [0.4, 0.5) is 18.9 Å². The molecule has 32 heavy (non-hydrogen) atoms. The van der Waals surface area contributed by atoms with E-state index in [1.54, 1.807) is 19.1 Å². The van der Waals surface area contributed by atoms with Gasteiger partial charge in [0.05, 0.1) is 22.7 Å². The average molecular weight is 470 g/mol. The van der Waals surface area contributed by atoms with Crippen molar-refractivity contribution >= 4 is 32.6 Å². The average Bonchev–Trinajstić information content (AvgIpc) is 3.04. The van der Waals surface area contributed by atoms with E-state index >= 15 is 0 Å². The van der Waals surface area contributed by atoms with Crippen molar-refractivity contribution in [2.24, 2.45) is 7.05 Å². The number of carbonyl (C=O) groups excluding carboxylic acids is 1. The molecule has 1 heterocycles. The highest BCUT2D eigenvalue weighted by Gasteiger charge is 2.63. The number of rotatable bonds is 6. The lowest BCUT2D eigenvalue weighted by atomic mass is 9.92. The third-order valence-corrected chi connectivity index (χ3v) is 6.33. The summed E-state index contributed by atoms with van der Waals surface area (Å²) < 4.78 is 75.2. The first kappa shape index (κ1) is 23.6. The molecule has 2 N–H and O–H groups in total. The summed E-state index contributed by atoms with van der Waals surface area (Å²) in [5.74, 6) is -1.87. The fourth-order valence-electron chi connectivity index (χ4n) is 3.37. The highest BCUT2D eigenvalue weighted by atomic mass is 32.2. The van der Waals surface area contributed by atoms with Crippen molar-refractivity contribution in [3.05, 3.63) is 59.8 Å². The number of hydrogen-bond donors (Lipinski definition) is 2. The summed E-state index contributed by atoms with van der Waals surface area (Å²) in [6, 6.07) is 9.96. The normalized spacial score (nSPS) is 14.2. The molecule has 0 aliphatic rings. The van der Waals surface area contributed by atoms with E-state index < -0.39 is 33.3 Å². The van der Waals surface area contributed by atoms with Crippen LogP contribution < -0.4 is 4.72 Å². The number of carbonyl (C=O) groups is 1. The minimum atomic E-state index is -5.38. The molecule has 0 saturated carbocycles. The largest absolute Gasteiger partial charge is 0.463 e. The minimum Gasteiger partial charge on any atom is -0.463 e. The van der Waals surface area contributed by atoms with Crippen LogP contribution in [0.15, 0.2) is 53.6 Å². The fraction of sp³-hybridized carbons (Fsp3) is 0.286. The van der Waals surface area contributed by atoms with Gasteiger partial charge in [-0.2, -0.15) is 13.2 Å². The maximum absolute atomic E-state index is 13.9. The van der Waals surface area contributed by atoms with Gasteiger partial charge in [0.1, 0.15) is 0 Å². The van der Waals surface area contributed by atoms with Crippen molar-refractivity contribution in [2.45, 2.75) is 30.5 Å². The molecule has 0 saturated heterocycles. The second-order valence-electron chi connectivity index (χ2n) is 7.20. The van der Waals surface area contributed by atoms with Gasteiger partial charge in [0, 0.05) is 24.2 Å². The lowest BCUT2D eigenvalue weighted by molar-refractivity contribution is -0.267. The van der Waals surface area contributed by atoms with E-state index in [0.717, 1.165) is 11.8 Å². The maximum Gasteiger partial charge on any atom is 0.432 e. The Bertz CT molecular complexity index is 1270. The minimum absolute atomic E-state index is 0.0230. The number of aliphatic hydroxyl groups is 1. The summed E-state index contributed by atoms with van der Waals surface area (Å²) in [4.78, 5) is 12.1. The van der Waals surface area contributed by atoms with Crippen molar-refractivity contribution < 1.29 is 36.2 Å². The van der Waals surface area contributed by atoms with Crippen molar-refractivity contribution in [1.82, 2.24) is 4.57 Å². The SMILES string of the molecule is CCOC(=O)C(O)(c1cn(C)c2c(NS(=O)(=O)c3ccc(C)cc3)cccc12)C(F)(F)F. The molecule has 0 radical (unpaired) electrons. The van der Waals surface area contributed by atoms with Gasteiger partial charge in [-0.3, -0.25) is 4.72 Å². The summed E-state index contributed by atoms with van der Waals surface area (Å²) in [6.07, 6.45) is -4.45. The third kappa shape index (κ3) is 3.93. The topological polar surface area (TPSA) is 97.6 Å². The molecule has 0 aliphatic carbocycles. The molecule has 0 fully saturated rings. The molecule has 1 atom stereocenters. The van der Waals surface area contributed by atoms with E-state index in [1.165, 1.54) is 48.9 Å². The Morgan fingerprint density at radius 1 is 1.16 bits per heavy atom. The van der Waals surface area contributed by atoms with E-state index in [0.29, 0.717) is 0 Å². The Morgan fingerprint density at radius 3 is 2.34 bits per heavy atom. The zero-order valence-corrected chi connectivity index (χ0v) is 18.2. The standard InChI is InChI=1S/C21H21F3N2O5S/c1-4-31-19(27)20(28,21(22,23)24)16-12-26(3)18-15(16)6-5-7-17(18)25-32(29,30)14-10-8-13(2)9-11-14/h5-12,25,28H,4H2,1-3H3. The Labute approximate surface area is 182 Å². The number of alkyl halides is 3. The molecule has 0 spiro atoms. The summed E-state index contributed by atoms with van der Waals surface area (Å²) in [5, 5.41) is 10.3. The van der Waals surface area contributed by atoms with E-state index in [9.17, 15) is 31.5 Å². The molecular weight excluding hydrogens is 449 g/mol. The number of anilines is 1. The van der Waals surface area contributed by atoms with Crippen LogP contribution in [-0.4, -0.2) is 36.8 Å². The van der Waals surface area contributed by atoms with Crippen LogP contribution in [0.5, 0.6) is 0 Å². The Balaban J connectivity index is 2.18. The lowest BCUT2D eigenvalue weighted by Crippen LogP contribution is -2.50. The Hall–Kier alpha value is -3.05. The van der Waals surface area contributed by atoms with Gasteiger partial charge in [-0.25, -0.2) is 13.2 Å². The molecule has 1 aromatic heterocycles. The monoisotopic (exact) mass is 470 g/mol. The van der Waals surface area contributed by atoms with E-state index in [-0.39, 0.29) is 28.1 Å². The molecule has 0 aliphatic heterocycles. The van der Waals surface area contributed by atoms with Gasteiger partial charge in [0.25, 0.3) is 15.6 Å². The second kappa shape index (κ2) is 8.14. The number of esters is 1. The van der Waals surface area contributed by atoms with Crippen LogP contribution in [0.3, 0.4) is 0 Å². The van der Waals surface area contributed by atoms with Crippen LogP contribution in [0.2, 0.25) is 0 Å². The highest BCUT2D eigenvalue weighted by molar-refractivity contribution is 7.92. The van der Waals surface area contributed by atoms with Crippen molar-refractivity contribution in [1.29, 1.82) is 0 Å². The van der Waals surface area contributed by atoms with Crippen LogP contribution in [0.1, 0.15) is 18.1 Å². The van der Waals surface area contributed by atoms with Crippen molar-refractivity contribution in [3.8, 4) is 0 Å². The molecule has 1 unspecified atom stereocenters. The first-order valence-electron chi connectivity index (χ1n) is 9.47. The quantitative estimate of drug-likeness (QED) is 0.537. The number of aryl methyl sites for hydroxylation is 2. The van der Waals surface area contributed by atoms with Gasteiger partial charge >= 0.3 is 12.1 Å². The molecule has 172 valence electrons. The summed E-state index contributed by atoms with van der Waals surface area (Å²) in [5.41, 5.74) is -3.83. The Morgan fingerprint density at radius 2 is 1.78 bits per heavy atom. The van der Waals surface area contributed by atoms with E-state index in [2.05, 4.69) is 9.46 Å². The predicted octanol–water partition coefficient (Wildman–Crippen LogP) is 3.60. The summed E-state index contributed by atoms with van der Waals surface area (Å²) >= 11 is 0. The van der Waals surface area contributed by atoms with Gasteiger partial charge in [-0.1, -0.05) is 29.8 Å². The van der Waals surface area contributed by atoms with Crippen LogP contribution in [-0.2, 0) is 32.2 Å². The fourth-order valence-corrected chi connectivity index (χ4v) is 4.44. The smallest absolute Gasteiger partial charge is 0.432 e. The third-order valence-electron chi connectivity index (χ3n) is 4.95. The highest BCUT2D eigenvalue weighted by Crippen LogP contribution is 2.44. The number of halogens is 3. The van der Waals surface area contributed by atoms with Gasteiger partial charge in [-0.05, 0) is 32.0 Å². The molecular formula is C21H21F3N2O5S. The summed E-state index contributed by atoms with van der Waals surface area (Å²) in [7, 11) is -2.69. The predicted molar refractivity (Wildman–Crippen MR) is 111 cm³/mol. The zero-order chi connectivity index (χ0) is 23.9. The van der Waals surface area contributed by atoms with E-state index in [4.69, 9.17) is 0 Å². The summed E-state index contributed by atoms with van der Waals surface area (Å²) in [6.45, 7) is 2.74. The molecule has 3 rings (SSSR count). The molecule has 0 bridgehead atoms. The number of nitrogens with one attached hydrogen (secondary N) is 1. The molecule has 7 nitrogen and oxygen atoms in total. The number of sulfonamides is 1. The molecule has 0 amide bonds. The second-order valence-corrected chi connectivity index (χ2v) is 8.89. The number of benzene rings is 2. The number of para-hydroxylation sites is 1. The number of nitrogens with zero attached hydrogens (tertiary/aromatic N) is 1.